The van der Waals surface area contributed by atoms with Crippen LogP contribution in [-0.2, 0) is 23.3 Å². The van der Waals surface area contributed by atoms with Gasteiger partial charge in [-0.15, -0.1) is 0 Å². The fourth-order valence-corrected chi connectivity index (χ4v) is 3.60. The van der Waals surface area contributed by atoms with Crippen LogP contribution in [0.5, 0.6) is 0 Å². The molecule has 3 aromatic rings. The van der Waals surface area contributed by atoms with Crippen molar-refractivity contribution in [2.45, 2.75) is 11.3 Å². The monoisotopic (exact) mass is 362 g/mol. The van der Waals surface area contributed by atoms with Gasteiger partial charge in [0.15, 0.2) is 9.84 Å². The lowest BCUT2D eigenvalue weighted by molar-refractivity contribution is 0.602. The predicted octanol–water partition coefficient (Wildman–Crippen LogP) is 3.89. The maximum absolute atomic E-state index is 11.5. The summed E-state index contributed by atoms with van der Waals surface area (Å²) >= 11 is 6.06. The van der Waals surface area contributed by atoms with Crippen LogP contribution in [0.3, 0.4) is 0 Å². The molecule has 0 amide bonds. The van der Waals surface area contributed by atoms with E-state index < -0.39 is 9.84 Å². The summed E-state index contributed by atoms with van der Waals surface area (Å²) in [6.07, 6.45) is 4.20. The van der Waals surface area contributed by atoms with E-state index in [9.17, 15) is 8.42 Å². The molecule has 0 saturated heterocycles. The molecule has 0 unspecified atom stereocenters. The number of sulfone groups is 1. The van der Waals surface area contributed by atoms with Crippen molar-refractivity contribution in [3.63, 3.8) is 0 Å². The highest BCUT2D eigenvalue weighted by Gasteiger charge is 2.08. The van der Waals surface area contributed by atoms with Crippen molar-refractivity contribution < 1.29 is 8.42 Å². The highest BCUT2D eigenvalue weighted by molar-refractivity contribution is 7.90. The van der Waals surface area contributed by atoms with E-state index in [0.717, 1.165) is 29.2 Å². The molecule has 2 aromatic carbocycles. The minimum Gasteiger partial charge on any atom is -0.385 e. The van der Waals surface area contributed by atoms with Crippen LogP contribution in [0.15, 0.2) is 53.6 Å². The number of hydrogen-bond acceptors (Lipinski definition) is 3. The van der Waals surface area contributed by atoms with Gasteiger partial charge in [-0.2, -0.15) is 0 Å². The zero-order chi connectivity index (χ0) is 17.3. The Morgan fingerprint density at radius 1 is 1.12 bits per heavy atom. The molecule has 0 radical (unpaired) electrons. The molecule has 0 bridgehead atoms. The maximum atomic E-state index is 11.5. The van der Waals surface area contributed by atoms with E-state index in [1.165, 1.54) is 17.2 Å². The predicted molar refractivity (Wildman–Crippen MR) is 99.7 cm³/mol. The van der Waals surface area contributed by atoms with Crippen LogP contribution in [0.25, 0.3) is 10.9 Å². The third-order valence-electron chi connectivity index (χ3n) is 4.04. The normalized spacial score (nSPS) is 11.8. The number of hydrogen-bond donors (Lipinski definition) is 1. The zero-order valence-corrected chi connectivity index (χ0v) is 15.2. The minimum atomic E-state index is -3.15. The van der Waals surface area contributed by atoms with Gasteiger partial charge in [-0.05, 0) is 48.4 Å². The Balaban J connectivity index is 1.69. The molecule has 126 valence electrons. The lowest BCUT2D eigenvalue weighted by Crippen LogP contribution is -2.05. The molecular formula is C18H19ClN2O2S. The SMILES string of the molecule is Cn1cc(CCNc2ccc(S(C)(=O)=O)cc2)c2ccc(Cl)cc21. The number of anilines is 1. The first-order valence-corrected chi connectivity index (χ1v) is 9.89. The minimum absolute atomic E-state index is 0.332. The summed E-state index contributed by atoms with van der Waals surface area (Å²) in [7, 11) is -1.14. The van der Waals surface area contributed by atoms with Gasteiger partial charge >= 0.3 is 0 Å². The molecule has 0 aliphatic rings. The lowest BCUT2D eigenvalue weighted by atomic mass is 10.1. The van der Waals surface area contributed by atoms with Gasteiger partial charge < -0.3 is 9.88 Å². The van der Waals surface area contributed by atoms with Crippen LogP contribution in [0.2, 0.25) is 5.02 Å². The Labute approximate surface area is 147 Å². The quantitative estimate of drug-likeness (QED) is 0.749. The molecule has 1 aromatic heterocycles. The number of nitrogens with one attached hydrogen (secondary N) is 1. The van der Waals surface area contributed by atoms with Gasteiger partial charge in [-0.3, -0.25) is 0 Å². The van der Waals surface area contributed by atoms with Crippen molar-refractivity contribution in [2.75, 3.05) is 18.1 Å². The summed E-state index contributed by atoms with van der Waals surface area (Å²) in [5.74, 6) is 0. The van der Waals surface area contributed by atoms with E-state index in [1.807, 2.05) is 25.2 Å². The summed E-state index contributed by atoms with van der Waals surface area (Å²) in [5, 5.41) is 5.27. The fraction of sp³-hybridized carbons (Fsp3) is 0.222. The van der Waals surface area contributed by atoms with Crippen LogP contribution >= 0.6 is 11.6 Å². The Morgan fingerprint density at radius 3 is 2.50 bits per heavy atom. The van der Waals surface area contributed by atoms with E-state index in [4.69, 9.17) is 11.6 Å². The van der Waals surface area contributed by atoms with Crippen LogP contribution in [0.1, 0.15) is 5.56 Å². The largest absolute Gasteiger partial charge is 0.385 e. The Bertz CT molecular complexity index is 976. The molecule has 0 aliphatic heterocycles. The first-order chi connectivity index (χ1) is 11.3. The van der Waals surface area contributed by atoms with Gasteiger partial charge in [0.05, 0.1) is 4.90 Å². The van der Waals surface area contributed by atoms with Crippen molar-refractivity contribution in [3.8, 4) is 0 Å². The van der Waals surface area contributed by atoms with Gasteiger partial charge in [0.25, 0.3) is 0 Å². The molecule has 1 N–H and O–H groups in total. The summed E-state index contributed by atoms with van der Waals surface area (Å²) in [6, 6.07) is 12.8. The fourth-order valence-electron chi connectivity index (χ4n) is 2.80. The van der Waals surface area contributed by atoms with Gasteiger partial charge in [-0.25, -0.2) is 8.42 Å². The van der Waals surface area contributed by atoms with Crippen molar-refractivity contribution in [2.24, 2.45) is 7.05 Å². The van der Waals surface area contributed by atoms with Crippen LogP contribution in [0, 0.1) is 0 Å². The van der Waals surface area contributed by atoms with E-state index in [0.29, 0.717) is 4.90 Å². The third kappa shape index (κ3) is 3.57. The third-order valence-corrected chi connectivity index (χ3v) is 5.40. The molecule has 3 rings (SSSR count). The van der Waals surface area contributed by atoms with Gasteiger partial charge in [-0.1, -0.05) is 17.7 Å². The van der Waals surface area contributed by atoms with Crippen LogP contribution in [-0.4, -0.2) is 25.8 Å². The molecule has 0 saturated carbocycles. The average Bonchev–Trinajstić information content (AvgIpc) is 2.83. The summed E-state index contributed by atoms with van der Waals surface area (Å²) < 4.78 is 25.0. The molecule has 24 heavy (non-hydrogen) atoms. The molecule has 0 fully saturated rings. The molecular weight excluding hydrogens is 344 g/mol. The maximum Gasteiger partial charge on any atom is 0.175 e. The van der Waals surface area contributed by atoms with Crippen molar-refractivity contribution in [1.29, 1.82) is 0 Å². The highest BCUT2D eigenvalue weighted by Crippen LogP contribution is 2.24. The molecule has 6 heteroatoms. The van der Waals surface area contributed by atoms with Gasteiger partial charge in [0, 0.05) is 47.7 Å². The Morgan fingerprint density at radius 2 is 1.83 bits per heavy atom. The van der Waals surface area contributed by atoms with Gasteiger partial charge in [0.2, 0.25) is 0 Å². The topological polar surface area (TPSA) is 51.1 Å². The number of nitrogens with zero attached hydrogens (tertiary/aromatic N) is 1. The molecule has 0 atom stereocenters. The second-order valence-electron chi connectivity index (χ2n) is 5.90. The van der Waals surface area contributed by atoms with Crippen LogP contribution in [0.4, 0.5) is 5.69 Å². The number of aryl methyl sites for hydroxylation is 1. The molecule has 4 nitrogen and oxygen atoms in total. The summed E-state index contributed by atoms with van der Waals surface area (Å²) in [4.78, 5) is 0.332. The van der Waals surface area contributed by atoms with E-state index in [-0.39, 0.29) is 0 Å². The smallest absolute Gasteiger partial charge is 0.175 e. The molecule has 0 spiro atoms. The van der Waals surface area contributed by atoms with Crippen molar-refractivity contribution >= 4 is 38.0 Å². The molecule has 0 aliphatic carbocycles. The molecule has 1 heterocycles. The van der Waals surface area contributed by atoms with Gasteiger partial charge in [0.1, 0.15) is 0 Å². The van der Waals surface area contributed by atoms with Crippen molar-refractivity contribution in [3.05, 3.63) is 59.2 Å². The average molecular weight is 363 g/mol. The van der Waals surface area contributed by atoms with Crippen molar-refractivity contribution in [1.82, 2.24) is 4.57 Å². The summed E-state index contributed by atoms with van der Waals surface area (Å²) in [5.41, 5.74) is 3.28. The second-order valence-corrected chi connectivity index (χ2v) is 8.35. The Hall–Kier alpha value is -1.98. The highest BCUT2D eigenvalue weighted by atomic mass is 35.5. The first-order valence-electron chi connectivity index (χ1n) is 7.62. The summed E-state index contributed by atoms with van der Waals surface area (Å²) in [6.45, 7) is 0.764. The lowest BCUT2D eigenvalue weighted by Gasteiger charge is -2.07. The first kappa shape index (κ1) is 16.9. The van der Waals surface area contributed by atoms with Crippen LogP contribution < -0.4 is 5.32 Å². The number of benzene rings is 2. The van der Waals surface area contributed by atoms with E-state index >= 15 is 0 Å². The Kier molecular flexibility index (Phi) is 4.56. The standard InChI is InChI=1S/C18H19ClN2O2S/c1-21-12-13(17-8-3-14(19)11-18(17)21)9-10-20-15-4-6-16(7-5-15)24(2,22)23/h3-8,11-12,20H,9-10H2,1-2H3. The number of rotatable bonds is 5. The number of aromatic nitrogens is 1. The van der Waals surface area contributed by atoms with E-state index in [1.54, 1.807) is 24.3 Å². The van der Waals surface area contributed by atoms with E-state index in [2.05, 4.69) is 16.1 Å². The second kappa shape index (κ2) is 6.49. The number of halogens is 1. The zero-order valence-electron chi connectivity index (χ0n) is 13.6. The number of fused-ring (bicyclic) bond motifs is 1.